The zero-order valence-electron chi connectivity index (χ0n) is 15.8. The van der Waals surface area contributed by atoms with Gasteiger partial charge in [-0.2, -0.15) is 0 Å². The number of Topliss-reactive ketones (excluding diaryl/α,β-unsaturated/α-hetero) is 1. The molecule has 142 valence electrons. The first-order valence-corrected chi connectivity index (χ1v) is 8.96. The van der Waals surface area contributed by atoms with Crippen molar-refractivity contribution in [2.75, 3.05) is 6.61 Å². The molecule has 5 nitrogen and oxygen atoms in total. The highest BCUT2D eigenvalue weighted by molar-refractivity contribution is 6.00. The molecular weight excluding hydrogens is 354 g/mol. The van der Waals surface area contributed by atoms with Gasteiger partial charge in [0, 0.05) is 29.1 Å². The largest absolute Gasteiger partial charge is 0.454 e. The summed E-state index contributed by atoms with van der Waals surface area (Å²) in [6.45, 7) is 4.19. The second-order valence-corrected chi connectivity index (χ2v) is 6.60. The number of aldehydes is 1. The lowest BCUT2D eigenvalue weighted by molar-refractivity contribution is 0.0474. The highest BCUT2D eigenvalue weighted by atomic mass is 16.5. The van der Waals surface area contributed by atoms with E-state index in [1.54, 1.807) is 0 Å². The van der Waals surface area contributed by atoms with Gasteiger partial charge in [0.1, 0.15) is 6.29 Å². The Bertz CT molecular complexity index is 1000. The van der Waals surface area contributed by atoms with Gasteiger partial charge in [-0.1, -0.05) is 42.5 Å². The molecule has 0 saturated heterocycles. The molecule has 2 aromatic carbocycles. The van der Waals surface area contributed by atoms with Crippen LogP contribution in [-0.2, 0) is 11.3 Å². The summed E-state index contributed by atoms with van der Waals surface area (Å²) in [4.78, 5) is 35.4. The summed E-state index contributed by atoms with van der Waals surface area (Å²) >= 11 is 0. The zero-order chi connectivity index (χ0) is 20.1. The number of aromatic nitrogens is 1. The highest BCUT2D eigenvalue weighted by Crippen LogP contribution is 2.18. The fraction of sp³-hybridized carbons (Fsp3) is 0.174. The average Bonchev–Trinajstić information content (AvgIpc) is 3.01. The molecule has 3 aromatic rings. The van der Waals surface area contributed by atoms with E-state index in [2.05, 4.69) is 4.57 Å². The van der Waals surface area contributed by atoms with Gasteiger partial charge in [-0.15, -0.1) is 0 Å². The van der Waals surface area contributed by atoms with Crippen molar-refractivity contribution in [3.8, 4) is 0 Å². The van der Waals surface area contributed by atoms with Gasteiger partial charge in [-0.25, -0.2) is 4.79 Å². The van der Waals surface area contributed by atoms with Crippen molar-refractivity contribution >= 4 is 18.0 Å². The van der Waals surface area contributed by atoms with Crippen molar-refractivity contribution in [2.45, 2.75) is 20.4 Å². The first kappa shape index (κ1) is 19.3. The van der Waals surface area contributed by atoms with E-state index in [-0.39, 0.29) is 12.4 Å². The number of ketones is 1. The Morgan fingerprint density at radius 2 is 1.68 bits per heavy atom. The lowest BCUT2D eigenvalue weighted by Crippen LogP contribution is -2.15. The lowest BCUT2D eigenvalue weighted by Gasteiger charge is -2.10. The van der Waals surface area contributed by atoms with Crippen molar-refractivity contribution in [2.24, 2.45) is 0 Å². The summed E-state index contributed by atoms with van der Waals surface area (Å²) in [7, 11) is 0. The van der Waals surface area contributed by atoms with Gasteiger partial charge in [0.15, 0.2) is 6.61 Å². The molecule has 0 spiro atoms. The summed E-state index contributed by atoms with van der Waals surface area (Å²) in [5.41, 5.74) is 4.29. The number of hydrogen-bond donors (Lipinski definition) is 0. The van der Waals surface area contributed by atoms with Gasteiger partial charge in [-0.3, -0.25) is 9.59 Å². The summed E-state index contributed by atoms with van der Waals surface area (Å²) < 4.78 is 7.23. The van der Waals surface area contributed by atoms with Crippen LogP contribution in [-0.4, -0.2) is 29.2 Å². The maximum Gasteiger partial charge on any atom is 0.338 e. The third kappa shape index (κ3) is 4.26. The first-order chi connectivity index (χ1) is 13.5. The van der Waals surface area contributed by atoms with Gasteiger partial charge >= 0.3 is 5.97 Å². The quantitative estimate of drug-likeness (QED) is 0.356. The van der Waals surface area contributed by atoms with Crippen LogP contribution >= 0.6 is 0 Å². The SMILES string of the molecule is Cc1cc(C(=O)COC(=O)c2ccc(C=O)cc2)c(C)n1Cc1ccccc1. The maximum absolute atomic E-state index is 12.6. The number of hydrogen-bond acceptors (Lipinski definition) is 4. The van der Waals surface area contributed by atoms with Crippen LogP contribution in [0, 0.1) is 13.8 Å². The van der Waals surface area contributed by atoms with Crippen LogP contribution < -0.4 is 0 Å². The molecule has 0 saturated carbocycles. The van der Waals surface area contributed by atoms with Crippen LogP contribution in [0.5, 0.6) is 0 Å². The van der Waals surface area contributed by atoms with E-state index >= 15 is 0 Å². The minimum atomic E-state index is -0.594. The van der Waals surface area contributed by atoms with E-state index in [1.807, 2.05) is 50.2 Å². The molecule has 1 aromatic heterocycles. The predicted octanol–water partition coefficient (Wildman–Crippen LogP) is 4.01. The number of aryl methyl sites for hydroxylation is 1. The Kier molecular flexibility index (Phi) is 5.84. The summed E-state index contributed by atoms with van der Waals surface area (Å²) in [6.07, 6.45) is 0.698. The molecule has 0 atom stereocenters. The number of nitrogens with zero attached hydrogens (tertiary/aromatic N) is 1. The molecule has 5 heteroatoms. The highest BCUT2D eigenvalue weighted by Gasteiger charge is 2.18. The van der Waals surface area contributed by atoms with Crippen LogP contribution in [0.15, 0.2) is 60.7 Å². The Balaban J connectivity index is 1.68. The lowest BCUT2D eigenvalue weighted by atomic mass is 10.1. The van der Waals surface area contributed by atoms with Crippen LogP contribution in [0.1, 0.15) is 48.0 Å². The number of carbonyl (C=O) groups is 3. The van der Waals surface area contributed by atoms with Crippen molar-refractivity contribution in [1.82, 2.24) is 4.57 Å². The monoisotopic (exact) mass is 375 g/mol. The fourth-order valence-corrected chi connectivity index (χ4v) is 3.08. The molecule has 3 rings (SSSR count). The third-order valence-electron chi connectivity index (χ3n) is 4.67. The van der Waals surface area contributed by atoms with Gasteiger partial charge in [0.2, 0.25) is 5.78 Å². The van der Waals surface area contributed by atoms with Crippen molar-refractivity contribution in [3.05, 3.63) is 94.3 Å². The summed E-state index contributed by atoms with van der Waals surface area (Å²) in [5, 5.41) is 0. The summed E-state index contributed by atoms with van der Waals surface area (Å²) in [5.74, 6) is -0.839. The Labute approximate surface area is 163 Å². The second-order valence-electron chi connectivity index (χ2n) is 6.60. The van der Waals surface area contributed by atoms with Crippen LogP contribution in [0.4, 0.5) is 0 Å². The molecule has 1 heterocycles. The third-order valence-corrected chi connectivity index (χ3v) is 4.67. The molecule has 0 unspecified atom stereocenters. The minimum Gasteiger partial charge on any atom is -0.454 e. The van der Waals surface area contributed by atoms with Crippen LogP contribution in [0.2, 0.25) is 0 Å². The second kappa shape index (κ2) is 8.48. The average molecular weight is 375 g/mol. The minimum absolute atomic E-state index is 0.245. The topological polar surface area (TPSA) is 65.4 Å². The van der Waals surface area contributed by atoms with Crippen molar-refractivity contribution < 1.29 is 19.1 Å². The normalized spacial score (nSPS) is 10.5. The van der Waals surface area contributed by atoms with Gasteiger partial charge in [0.25, 0.3) is 0 Å². The number of rotatable bonds is 7. The van der Waals surface area contributed by atoms with Gasteiger partial charge in [-0.05, 0) is 37.6 Å². The molecular formula is C23H21NO4. The summed E-state index contributed by atoms with van der Waals surface area (Å²) in [6, 6.07) is 17.9. The molecule has 0 aliphatic heterocycles. The number of carbonyl (C=O) groups excluding carboxylic acids is 3. The molecule has 0 amide bonds. The number of esters is 1. The molecule has 0 aliphatic rings. The Hall–Kier alpha value is -3.47. The zero-order valence-corrected chi connectivity index (χ0v) is 15.8. The van der Waals surface area contributed by atoms with Crippen molar-refractivity contribution in [3.63, 3.8) is 0 Å². The first-order valence-electron chi connectivity index (χ1n) is 8.96. The maximum atomic E-state index is 12.6. The predicted molar refractivity (Wildman–Crippen MR) is 106 cm³/mol. The van der Waals surface area contributed by atoms with E-state index in [9.17, 15) is 14.4 Å². The van der Waals surface area contributed by atoms with Gasteiger partial charge in [0.05, 0.1) is 5.56 Å². The molecule has 0 N–H and O–H groups in total. The van der Waals surface area contributed by atoms with Crippen LogP contribution in [0.3, 0.4) is 0 Å². The van der Waals surface area contributed by atoms with Gasteiger partial charge < -0.3 is 9.30 Å². The van der Waals surface area contributed by atoms with E-state index in [4.69, 9.17) is 4.74 Å². The van der Waals surface area contributed by atoms with E-state index in [0.717, 1.165) is 17.0 Å². The smallest absolute Gasteiger partial charge is 0.338 e. The number of ether oxygens (including phenoxy) is 1. The standard InChI is InChI=1S/C23H21NO4/c1-16-12-21(17(2)24(16)13-18-6-4-3-5-7-18)22(26)15-28-23(27)20-10-8-19(14-25)9-11-20/h3-12,14H,13,15H2,1-2H3. The fourth-order valence-electron chi connectivity index (χ4n) is 3.08. The molecule has 0 radical (unpaired) electrons. The van der Waals surface area contributed by atoms with Crippen LogP contribution in [0.25, 0.3) is 0 Å². The Morgan fingerprint density at radius 1 is 1.00 bits per heavy atom. The Morgan fingerprint density at radius 3 is 2.32 bits per heavy atom. The molecule has 28 heavy (non-hydrogen) atoms. The number of benzene rings is 2. The van der Waals surface area contributed by atoms with Crippen molar-refractivity contribution in [1.29, 1.82) is 0 Å². The van der Waals surface area contributed by atoms with E-state index < -0.39 is 5.97 Å². The van der Waals surface area contributed by atoms with E-state index in [1.165, 1.54) is 24.3 Å². The molecule has 0 bridgehead atoms. The molecule has 0 aliphatic carbocycles. The van der Waals surface area contributed by atoms with E-state index in [0.29, 0.717) is 29.5 Å². The molecule has 0 fully saturated rings.